The van der Waals surface area contributed by atoms with Crippen LogP contribution in [0.15, 0.2) is 18.2 Å². The fourth-order valence-corrected chi connectivity index (χ4v) is 2.26. The van der Waals surface area contributed by atoms with E-state index >= 15 is 0 Å². The molecule has 0 amide bonds. The van der Waals surface area contributed by atoms with Gasteiger partial charge in [0.25, 0.3) is 0 Å². The molecule has 0 saturated heterocycles. The molecule has 1 N–H and O–H groups in total. The van der Waals surface area contributed by atoms with Crippen LogP contribution >= 0.6 is 0 Å². The maximum Gasteiger partial charge on any atom is 0.106 e. The molecule has 0 aliphatic heterocycles. The molecule has 2 unspecified atom stereocenters. The molecule has 2 rings (SSSR count). The van der Waals surface area contributed by atoms with Gasteiger partial charge in [0.2, 0.25) is 0 Å². The zero-order valence-corrected chi connectivity index (χ0v) is 10.2. The highest BCUT2D eigenvalue weighted by atomic mass is 16.5. The summed E-state index contributed by atoms with van der Waals surface area (Å²) in [6.45, 7) is 4.09. The molecule has 0 aromatic heterocycles. The van der Waals surface area contributed by atoms with E-state index in [2.05, 4.69) is 25.1 Å². The molecule has 2 heteroatoms. The van der Waals surface area contributed by atoms with E-state index in [0.717, 1.165) is 11.1 Å². The number of rotatable bonds is 4. The topological polar surface area (TPSA) is 29.5 Å². The molecule has 2 nitrogen and oxygen atoms in total. The third-order valence-electron chi connectivity index (χ3n) is 3.42. The van der Waals surface area contributed by atoms with E-state index in [1.165, 1.54) is 18.4 Å². The van der Waals surface area contributed by atoms with Crippen molar-refractivity contribution in [3.05, 3.63) is 34.9 Å². The summed E-state index contributed by atoms with van der Waals surface area (Å²) in [7, 11) is 1.69. The summed E-state index contributed by atoms with van der Waals surface area (Å²) in [6, 6.07) is 6.20. The quantitative estimate of drug-likeness (QED) is 0.845. The van der Waals surface area contributed by atoms with E-state index in [-0.39, 0.29) is 6.10 Å². The van der Waals surface area contributed by atoms with E-state index in [4.69, 9.17) is 4.74 Å². The van der Waals surface area contributed by atoms with E-state index in [1.807, 2.05) is 6.92 Å². The molecule has 88 valence electrons. The summed E-state index contributed by atoms with van der Waals surface area (Å²) in [6.07, 6.45) is 1.83. The Morgan fingerprint density at radius 2 is 2.00 bits per heavy atom. The summed E-state index contributed by atoms with van der Waals surface area (Å²) < 4.78 is 5.44. The lowest BCUT2D eigenvalue weighted by Crippen LogP contribution is -2.23. The summed E-state index contributed by atoms with van der Waals surface area (Å²) in [5.41, 5.74) is 3.34. The largest absolute Gasteiger partial charge is 0.386 e. The maximum absolute atomic E-state index is 10.4. The first-order valence-electron chi connectivity index (χ1n) is 5.91. The minimum Gasteiger partial charge on any atom is -0.386 e. The van der Waals surface area contributed by atoms with E-state index in [0.29, 0.717) is 5.92 Å². The van der Waals surface area contributed by atoms with Crippen molar-refractivity contribution in [1.82, 2.24) is 0 Å². The molecule has 0 spiro atoms. The van der Waals surface area contributed by atoms with Crippen LogP contribution in [0.2, 0.25) is 0 Å². The Hall–Kier alpha value is -0.860. The van der Waals surface area contributed by atoms with Crippen LogP contribution in [-0.2, 0) is 4.74 Å². The molecule has 1 aliphatic carbocycles. The molecule has 1 fully saturated rings. The summed E-state index contributed by atoms with van der Waals surface area (Å²) in [5.74, 6) is 0.542. The standard InChI is InChI=1S/C14H20O2/c1-9-4-5-10(2)12(8-9)13(15)14(16-3)11-6-7-11/h4-5,8,11,13-15H,6-7H2,1-3H3. The van der Waals surface area contributed by atoms with Gasteiger partial charge in [0.15, 0.2) is 0 Å². The van der Waals surface area contributed by atoms with Crippen LogP contribution in [0, 0.1) is 19.8 Å². The number of aryl methyl sites for hydroxylation is 2. The van der Waals surface area contributed by atoms with Crippen LogP contribution in [0.4, 0.5) is 0 Å². The lowest BCUT2D eigenvalue weighted by atomic mass is 9.95. The SMILES string of the molecule is COC(C1CC1)C(O)c1cc(C)ccc1C. The summed E-state index contributed by atoms with van der Waals surface area (Å²) >= 11 is 0. The molecule has 1 aromatic rings. The number of methoxy groups -OCH3 is 1. The van der Waals surface area contributed by atoms with Crippen molar-refractivity contribution in [1.29, 1.82) is 0 Å². The third kappa shape index (κ3) is 2.28. The highest BCUT2D eigenvalue weighted by Gasteiger charge is 2.37. The maximum atomic E-state index is 10.4. The van der Waals surface area contributed by atoms with Crippen molar-refractivity contribution in [2.24, 2.45) is 5.92 Å². The van der Waals surface area contributed by atoms with Gasteiger partial charge < -0.3 is 9.84 Å². The smallest absolute Gasteiger partial charge is 0.106 e. The molecule has 1 saturated carbocycles. The number of benzene rings is 1. The molecule has 1 aliphatic rings. The van der Waals surface area contributed by atoms with Gasteiger partial charge >= 0.3 is 0 Å². The van der Waals surface area contributed by atoms with Crippen molar-refractivity contribution in [2.75, 3.05) is 7.11 Å². The Kier molecular flexibility index (Phi) is 3.31. The van der Waals surface area contributed by atoms with Crippen LogP contribution in [0.3, 0.4) is 0 Å². The Bertz CT molecular complexity index is 369. The van der Waals surface area contributed by atoms with Crippen molar-refractivity contribution in [2.45, 2.75) is 38.9 Å². The minimum absolute atomic E-state index is 0.0412. The zero-order chi connectivity index (χ0) is 11.7. The van der Waals surface area contributed by atoms with Crippen molar-refractivity contribution in [3.8, 4) is 0 Å². The third-order valence-corrected chi connectivity index (χ3v) is 3.42. The number of hydrogen-bond donors (Lipinski definition) is 1. The fourth-order valence-electron chi connectivity index (χ4n) is 2.26. The lowest BCUT2D eigenvalue weighted by molar-refractivity contribution is -0.0262. The number of hydrogen-bond acceptors (Lipinski definition) is 2. The molecule has 1 aromatic carbocycles. The molecular weight excluding hydrogens is 200 g/mol. The van der Waals surface area contributed by atoms with E-state index < -0.39 is 6.10 Å². The van der Waals surface area contributed by atoms with Gasteiger partial charge in [-0.15, -0.1) is 0 Å². The van der Waals surface area contributed by atoms with Crippen molar-refractivity contribution in [3.63, 3.8) is 0 Å². The van der Waals surface area contributed by atoms with Gasteiger partial charge in [-0.1, -0.05) is 23.8 Å². The predicted octanol–water partition coefficient (Wildman–Crippen LogP) is 2.76. The second kappa shape index (κ2) is 4.56. The number of aliphatic hydroxyl groups excluding tert-OH is 1. The van der Waals surface area contributed by atoms with Gasteiger partial charge in [-0.05, 0) is 43.7 Å². The molecular formula is C14H20O2. The lowest BCUT2D eigenvalue weighted by Gasteiger charge is -2.23. The number of aliphatic hydroxyl groups is 1. The van der Waals surface area contributed by atoms with Gasteiger partial charge in [-0.2, -0.15) is 0 Å². The Balaban J connectivity index is 2.24. The van der Waals surface area contributed by atoms with Crippen LogP contribution in [0.25, 0.3) is 0 Å². The van der Waals surface area contributed by atoms with Gasteiger partial charge in [0.1, 0.15) is 6.10 Å². The van der Waals surface area contributed by atoms with E-state index in [1.54, 1.807) is 7.11 Å². The first-order valence-corrected chi connectivity index (χ1v) is 5.91. The number of ether oxygens (including phenoxy) is 1. The van der Waals surface area contributed by atoms with Crippen LogP contribution in [-0.4, -0.2) is 18.3 Å². The second-order valence-corrected chi connectivity index (χ2v) is 4.84. The van der Waals surface area contributed by atoms with Gasteiger partial charge in [0, 0.05) is 7.11 Å². The van der Waals surface area contributed by atoms with Crippen LogP contribution in [0.5, 0.6) is 0 Å². The van der Waals surface area contributed by atoms with Crippen LogP contribution < -0.4 is 0 Å². The normalized spacial score (nSPS) is 19.5. The second-order valence-electron chi connectivity index (χ2n) is 4.84. The Labute approximate surface area is 97.3 Å². The van der Waals surface area contributed by atoms with Gasteiger partial charge in [-0.3, -0.25) is 0 Å². The Morgan fingerprint density at radius 1 is 1.31 bits per heavy atom. The first-order chi connectivity index (χ1) is 7.63. The molecule has 0 radical (unpaired) electrons. The summed E-state index contributed by atoms with van der Waals surface area (Å²) in [5, 5.41) is 10.4. The zero-order valence-electron chi connectivity index (χ0n) is 10.2. The van der Waals surface area contributed by atoms with Crippen molar-refractivity contribution >= 4 is 0 Å². The molecule has 2 atom stereocenters. The molecule has 0 bridgehead atoms. The van der Waals surface area contributed by atoms with E-state index in [9.17, 15) is 5.11 Å². The fraction of sp³-hybridized carbons (Fsp3) is 0.571. The predicted molar refractivity (Wildman–Crippen MR) is 64.4 cm³/mol. The highest BCUT2D eigenvalue weighted by Crippen LogP contribution is 2.40. The Morgan fingerprint density at radius 3 is 2.56 bits per heavy atom. The molecule has 0 heterocycles. The van der Waals surface area contributed by atoms with Crippen molar-refractivity contribution < 1.29 is 9.84 Å². The summed E-state index contributed by atoms with van der Waals surface area (Å²) in [4.78, 5) is 0. The minimum atomic E-state index is -0.489. The first kappa shape index (κ1) is 11.6. The van der Waals surface area contributed by atoms with Gasteiger partial charge in [0.05, 0.1) is 6.10 Å². The van der Waals surface area contributed by atoms with Crippen LogP contribution in [0.1, 0.15) is 35.6 Å². The average molecular weight is 220 g/mol. The average Bonchev–Trinajstić information content (AvgIpc) is 3.07. The monoisotopic (exact) mass is 220 g/mol. The highest BCUT2D eigenvalue weighted by molar-refractivity contribution is 5.33. The van der Waals surface area contributed by atoms with Gasteiger partial charge in [-0.25, -0.2) is 0 Å². The molecule has 16 heavy (non-hydrogen) atoms.